The molecule has 1 aromatic carbocycles. The maximum absolute atomic E-state index is 15.0. The molecule has 1 atom stereocenters. The van der Waals surface area contributed by atoms with E-state index in [-0.39, 0.29) is 29.2 Å². The summed E-state index contributed by atoms with van der Waals surface area (Å²) < 4.78 is 26.9. The molecule has 0 saturated carbocycles. The van der Waals surface area contributed by atoms with Gasteiger partial charge in [0, 0.05) is 12.5 Å². The predicted octanol–water partition coefficient (Wildman–Crippen LogP) is 3.36. The molecule has 4 heterocycles. The molecule has 174 valence electrons. The minimum Gasteiger partial charge on any atom is -0.489 e. The van der Waals surface area contributed by atoms with Crippen LogP contribution in [0.25, 0.3) is 10.9 Å². The average molecular weight is 474 g/mol. The van der Waals surface area contributed by atoms with E-state index in [4.69, 9.17) is 26.8 Å². The Balaban J connectivity index is 1.64. The molecule has 0 radical (unpaired) electrons. The van der Waals surface area contributed by atoms with Crippen molar-refractivity contribution < 1.29 is 13.9 Å². The Morgan fingerprint density at radius 2 is 2.15 bits per heavy atom. The van der Waals surface area contributed by atoms with Crippen molar-refractivity contribution >= 4 is 39.8 Å². The molecular formula is C22H25ClFN7O2. The maximum atomic E-state index is 15.0. The lowest BCUT2D eigenvalue weighted by Crippen LogP contribution is -2.31. The lowest BCUT2D eigenvalue weighted by Gasteiger charge is -2.24. The van der Waals surface area contributed by atoms with Crippen molar-refractivity contribution in [1.29, 1.82) is 0 Å². The number of halogens is 2. The van der Waals surface area contributed by atoms with Gasteiger partial charge in [0.2, 0.25) is 0 Å². The molecule has 2 N–H and O–H groups in total. The molecule has 1 saturated heterocycles. The second kappa shape index (κ2) is 8.75. The molecule has 0 spiro atoms. The zero-order chi connectivity index (χ0) is 23.1. The molecule has 0 amide bonds. The Kier molecular flexibility index (Phi) is 5.79. The Labute approximate surface area is 195 Å². The highest BCUT2D eigenvalue weighted by atomic mass is 35.5. The van der Waals surface area contributed by atoms with Crippen LogP contribution in [-0.4, -0.2) is 64.2 Å². The fraction of sp³-hybridized carbons (Fsp3) is 0.455. The summed E-state index contributed by atoms with van der Waals surface area (Å²) >= 11 is 6.33. The van der Waals surface area contributed by atoms with Crippen LogP contribution in [0.2, 0.25) is 5.02 Å². The first-order valence-electron chi connectivity index (χ1n) is 11.0. The van der Waals surface area contributed by atoms with Crippen molar-refractivity contribution in [1.82, 2.24) is 24.8 Å². The van der Waals surface area contributed by atoms with Gasteiger partial charge in [0.05, 0.1) is 23.2 Å². The van der Waals surface area contributed by atoms with E-state index in [1.54, 1.807) is 11.1 Å². The lowest BCUT2D eigenvalue weighted by atomic mass is 10.2. The smallest absolute Gasteiger partial charge is 0.319 e. The number of ether oxygens (including phenoxy) is 2. The van der Waals surface area contributed by atoms with Crippen molar-refractivity contribution in [2.24, 2.45) is 0 Å². The van der Waals surface area contributed by atoms with E-state index in [2.05, 4.69) is 31.9 Å². The molecule has 11 heteroatoms. The quantitative estimate of drug-likeness (QED) is 0.597. The largest absolute Gasteiger partial charge is 0.489 e. The minimum atomic E-state index is -0.582. The maximum Gasteiger partial charge on any atom is 0.319 e. The first-order valence-corrected chi connectivity index (χ1v) is 11.4. The highest BCUT2D eigenvalue weighted by Crippen LogP contribution is 2.44. The standard InChI is InChI=1S/C22H25ClFN7O2/c1-3-16-26-10-15(20(25)27-16)31-7-8-32-19-13(23)9-14(24)18-17(19)21(31)29-22(28-18)33-11-12-5-4-6-30(12)2/h9-10,12H,3-8,11H2,1-2H3,(H2,25,26,27)/t12-/m0/s1. The fourth-order valence-corrected chi connectivity index (χ4v) is 4.57. The number of nitrogen functional groups attached to an aromatic ring is 1. The normalized spacial score (nSPS) is 18.4. The molecular weight excluding hydrogens is 449 g/mol. The van der Waals surface area contributed by atoms with Crippen LogP contribution in [0.4, 0.5) is 21.7 Å². The lowest BCUT2D eigenvalue weighted by molar-refractivity contribution is 0.188. The monoisotopic (exact) mass is 473 g/mol. The summed E-state index contributed by atoms with van der Waals surface area (Å²) in [4.78, 5) is 21.8. The number of benzene rings is 1. The summed E-state index contributed by atoms with van der Waals surface area (Å²) in [5.41, 5.74) is 6.89. The number of hydrogen-bond donors (Lipinski definition) is 1. The zero-order valence-electron chi connectivity index (χ0n) is 18.5. The van der Waals surface area contributed by atoms with E-state index >= 15 is 4.39 Å². The van der Waals surface area contributed by atoms with Gasteiger partial charge in [0.25, 0.3) is 0 Å². The van der Waals surface area contributed by atoms with E-state index in [9.17, 15) is 0 Å². The molecule has 9 nitrogen and oxygen atoms in total. The van der Waals surface area contributed by atoms with E-state index in [1.807, 2.05) is 6.92 Å². The van der Waals surface area contributed by atoms with Crippen LogP contribution in [0.1, 0.15) is 25.6 Å². The summed E-state index contributed by atoms with van der Waals surface area (Å²) in [6.07, 6.45) is 4.45. The second-order valence-electron chi connectivity index (χ2n) is 8.22. The number of hydrogen-bond acceptors (Lipinski definition) is 9. The van der Waals surface area contributed by atoms with Crippen LogP contribution in [0.15, 0.2) is 12.3 Å². The Morgan fingerprint density at radius 1 is 1.30 bits per heavy atom. The SMILES string of the molecule is CCc1ncc(N2CCOc3c(Cl)cc(F)c4nc(OC[C@@H]5CCCN5C)nc2c34)c(N)n1. The third kappa shape index (κ3) is 3.97. The van der Waals surface area contributed by atoms with Gasteiger partial charge in [-0.1, -0.05) is 18.5 Å². The Hall–Kier alpha value is -2.98. The van der Waals surface area contributed by atoms with Crippen LogP contribution < -0.4 is 20.1 Å². The van der Waals surface area contributed by atoms with Crippen molar-refractivity contribution in [3.8, 4) is 11.8 Å². The van der Waals surface area contributed by atoms with Crippen LogP contribution in [0.5, 0.6) is 11.8 Å². The molecule has 0 aliphatic carbocycles. The number of anilines is 3. The van der Waals surface area contributed by atoms with Crippen molar-refractivity contribution in [3.05, 3.63) is 28.9 Å². The highest BCUT2D eigenvalue weighted by Gasteiger charge is 2.29. The summed E-state index contributed by atoms with van der Waals surface area (Å²) in [5, 5.41) is 0.514. The van der Waals surface area contributed by atoms with Crippen LogP contribution >= 0.6 is 11.6 Å². The third-order valence-electron chi connectivity index (χ3n) is 6.14. The number of nitrogens with zero attached hydrogens (tertiary/aromatic N) is 6. The molecule has 2 aliphatic rings. The number of likely N-dealkylation sites (tertiary alicyclic amines) is 1. The van der Waals surface area contributed by atoms with Gasteiger partial charge >= 0.3 is 6.01 Å². The minimum absolute atomic E-state index is 0.0748. The van der Waals surface area contributed by atoms with Crippen LogP contribution in [-0.2, 0) is 6.42 Å². The topological polar surface area (TPSA) is 103 Å². The third-order valence-corrected chi connectivity index (χ3v) is 6.42. The molecule has 0 bridgehead atoms. The molecule has 0 unspecified atom stereocenters. The molecule has 2 aliphatic heterocycles. The van der Waals surface area contributed by atoms with Gasteiger partial charge in [-0.05, 0) is 32.5 Å². The van der Waals surface area contributed by atoms with Gasteiger partial charge in [-0.25, -0.2) is 14.4 Å². The summed E-state index contributed by atoms with van der Waals surface area (Å²) in [7, 11) is 2.06. The van der Waals surface area contributed by atoms with E-state index < -0.39 is 5.82 Å². The number of rotatable bonds is 5. The molecule has 3 aromatic rings. The zero-order valence-corrected chi connectivity index (χ0v) is 19.3. The molecule has 5 rings (SSSR count). The number of aryl methyl sites for hydroxylation is 1. The van der Waals surface area contributed by atoms with Gasteiger partial charge < -0.3 is 25.0 Å². The van der Waals surface area contributed by atoms with Crippen molar-refractivity contribution in [2.75, 3.05) is 44.0 Å². The first kappa shape index (κ1) is 21.8. The average Bonchev–Trinajstić information content (AvgIpc) is 3.11. The summed E-state index contributed by atoms with van der Waals surface area (Å²) in [5.74, 6) is 1.07. The van der Waals surface area contributed by atoms with Gasteiger partial charge in [-0.3, -0.25) is 0 Å². The van der Waals surface area contributed by atoms with E-state index in [0.717, 1.165) is 19.4 Å². The number of aromatic nitrogens is 4. The van der Waals surface area contributed by atoms with Gasteiger partial charge in [0.1, 0.15) is 30.2 Å². The summed E-state index contributed by atoms with van der Waals surface area (Å²) in [6, 6.07) is 1.55. The summed E-state index contributed by atoms with van der Waals surface area (Å²) in [6.45, 7) is 4.04. The van der Waals surface area contributed by atoms with Crippen molar-refractivity contribution in [3.63, 3.8) is 0 Å². The second-order valence-corrected chi connectivity index (χ2v) is 8.63. The van der Waals surface area contributed by atoms with Gasteiger partial charge in [0.15, 0.2) is 23.2 Å². The fourth-order valence-electron chi connectivity index (χ4n) is 4.32. The van der Waals surface area contributed by atoms with Gasteiger partial charge in [-0.2, -0.15) is 9.97 Å². The Morgan fingerprint density at radius 3 is 2.88 bits per heavy atom. The number of nitrogens with two attached hydrogens (primary N) is 1. The molecule has 2 aromatic heterocycles. The van der Waals surface area contributed by atoms with Crippen LogP contribution in [0, 0.1) is 5.82 Å². The molecule has 1 fully saturated rings. The predicted molar refractivity (Wildman–Crippen MR) is 124 cm³/mol. The number of likely N-dealkylation sites (N-methyl/N-ethyl adjacent to an activating group) is 1. The van der Waals surface area contributed by atoms with Crippen molar-refractivity contribution in [2.45, 2.75) is 32.2 Å². The van der Waals surface area contributed by atoms with Crippen LogP contribution in [0.3, 0.4) is 0 Å². The highest BCUT2D eigenvalue weighted by molar-refractivity contribution is 6.33. The Bertz CT molecular complexity index is 1210. The van der Waals surface area contributed by atoms with E-state index in [1.165, 1.54) is 6.07 Å². The molecule has 33 heavy (non-hydrogen) atoms. The van der Waals surface area contributed by atoms with E-state index in [0.29, 0.717) is 53.9 Å². The first-order chi connectivity index (χ1) is 16.0. The van der Waals surface area contributed by atoms with Gasteiger partial charge in [-0.15, -0.1) is 0 Å².